The molecule has 1 atom stereocenters. The minimum Gasteiger partial charge on any atom is -0.482 e. The first-order valence-electron chi connectivity index (χ1n) is 7.28. The quantitative estimate of drug-likeness (QED) is 0.474. The van der Waals surface area contributed by atoms with Gasteiger partial charge >= 0.3 is 11.7 Å². The van der Waals surface area contributed by atoms with E-state index in [1.807, 2.05) is 30.3 Å². The van der Waals surface area contributed by atoms with E-state index in [0.29, 0.717) is 5.56 Å². The second kappa shape index (κ2) is 8.07. The van der Waals surface area contributed by atoms with Gasteiger partial charge in [0.25, 0.3) is 0 Å². The standard InChI is InChI=1S/C17H18N2O5/c1-23-17(20)14(18)9-13-7-8-16(15(10-13)19(21)22)24-11-12-5-3-2-4-6-12/h2-8,10,14H,9,11,18H2,1H3. The van der Waals surface area contributed by atoms with Crippen molar-refractivity contribution in [3.63, 3.8) is 0 Å². The monoisotopic (exact) mass is 330 g/mol. The molecule has 0 saturated carbocycles. The van der Waals surface area contributed by atoms with Crippen molar-refractivity contribution in [1.82, 2.24) is 0 Å². The van der Waals surface area contributed by atoms with Gasteiger partial charge in [-0.25, -0.2) is 0 Å². The maximum atomic E-state index is 11.4. The molecule has 2 rings (SSSR count). The number of nitrogens with two attached hydrogens (primary N) is 1. The SMILES string of the molecule is COC(=O)C(N)Cc1ccc(OCc2ccccc2)c([N+](=O)[O-])c1. The summed E-state index contributed by atoms with van der Waals surface area (Å²) in [7, 11) is 1.24. The number of nitro benzene ring substituents is 1. The Morgan fingerprint density at radius 2 is 1.92 bits per heavy atom. The van der Waals surface area contributed by atoms with E-state index in [1.165, 1.54) is 19.2 Å². The summed E-state index contributed by atoms with van der Waals surface area (Å²) >= 11 is 0. The predicted octanol–water partition coefficient (Wildman–Crippen LogP) is 2.22. The van der Waals surface area contributed by atoms with E-state index in [1.54, 1.807) is 6.07 Å². The van der Waals surface area contributed by atoms with E-state index in [-0.39, 0.29) is 24.5 Å². The number of methoxy groups -OCH3 is 1. The Labute approximate surface area is 139 Å². The van der Waals surface area contributed by atoms with Gasteiger partial charge in [-0.15, -0.1) is 0 Å². The summed E-state index contributed by atoms with van der Waals surface area (Å²) in [6, 6.07) is 13.0. The molecule has 0 spiro atoms. The number of nitro groups is 1. The van der Waals surface area contributed by atoms with E-state index >= 15 is 0 Å². The predicted molar refractivity (Wildman–Crippen MR) is 87.6 cm³/mol. The number of hydrogen-bond donors (Lipinski definition) is 1. The number of esters is 1. The second-order valence-corrected chi connectivity index (χ2v) is 5.17. The molecule has 24 heavy (non-hydrogen) atoms. The van der Waals surface area contributed by atoms with Crippen molar-refractivity contribution in [2.24, 2.45) is 5.73 Å². The van der Waals surface area contributed by atoms with Gasteiger partial charge in [0, 0.05) is 6.07 Å². The average molecular weight is 330 g/mol. The Hall–Kier alpha value is -2.93. The fraction of sp³-hybridized carbons (Fsp3) is 0.235. The molecule has 0 aromatic heterocycles. The van der Waals surface area contributed by atoms with Crippen molar-refractivity contribution >= 4 is 11.7 Å². The van der Waals surface area contributed by atoms with Crippen molar-refractivity contribution in [3.8, 4) is 5.75 Å². The lowest BCUT2D eigenvalue weighted by atomic mass is 10.1. The van der Waals surface area contributed by atoms with Crippen LogP contribution in [-0.2, 0) is 22.6 Å². The maximum absolute atomic E-state index is 11.4. The van der Waals surface area contributed by atoms with Gasteiger partial charge in [0.2, 0.25) is 0 Å². The highest BCUT2D eigenvalue weighted by atomic mass is 16.6. The largest absolute Gasteiger partial charge is 0.482 e. The third-order valence-corrected chi connectivity index (χ3v) is 3.42. The van der Waals surface area contributed by atoms with E-state index < -0.39 is 16.9 Å². The number of carbonyl (C=O) groups excluding carboxylic acids is 1. The Morgan fingerprint density at radius 3 is 2.54 bits per heavy atom. The van der Waals surface area contributed by atoms with Crippen LogP contribution < -0.4 is 10.5 Å². The molecular formula is C17H18N2O5. The summed E-state index contributed by atoms with van der Waals surface area (Å²) in [4.78, 5) is 22.1. The van der Waals surface area contributed by atoms with Crippen molar-refractivity contribution < 1.29 is 19.2 Å². The normalized spacial score (nSPS) is 11.6. The Morgan fingerprint density at radius 1 is 1.21 bits per heavy atom. The summed E-state index contributed by atoms with van der Waals surface area (Å²) in [6.07, 6.45) is 0.145. The highest BCUT2D eigenvalue weighted by molar-refractivity contribution is 5.75. The maximum Gasteiger partial charge on any atom is 0.322 e. The third kappa shape index (κ3) is 4.53. The lowest BCUT2D eigenvalue weighted by molar-refractivity contribution is -0.386. The zero-order chi connectivity index (χ0) is 17.5. The first-order chi connectivity index (χ1) is 11.5. The van der Waals surface area contributed by atoms with Gasteiger partial charge in [-0.1, -0.05) is 36.4 Å². The molecule has 1 unspecified atom stereocenters. The average Bonchev–Trinajstić information content (AvgIpc) is 2.60. The molecule has 126 valence electrons. The molecule has 0 bridgehead atoms. The van der Waals surface area contributed by atoms with Gasteiger partial charge in [-0.3, -0.25) is 14.9 Å². The van der Waals surface area contributed by atoms with Crippen LogP contribution in [-0.4, -0.2) is 24.0 Å². The molecule has 0 aliphatic heterocycles. The van der Waals surface area contributed by atoms with E-state index in [4.69, 9.17) is 10.5 Å². The van der Waals surface area contributed by atoms with Crippen molar-refractivity contribution in [2.75, 3.05) is 7.11 Å². The molecule has 2 aromatic carbocycles. The molecule has 0 saturated heterocycles. The Balaban J connectivity index is 2.14. The zero-order valence-electron chi connectivity index (χ0n) is 13.2. The molecule has 2 aromatic rings. The first kappa shape index (κ1) is 17.4. The second-order valence-electron chi connectivity index (χ2n) is 5.17. The van der Waals surface area contributed by atoms with Gasteiger partial charge in [-0.05, 0) is 23.6 Å². The summed E-state index contributed by atoms with van der Waals surface area (Å²) < 4.78 is 10.1. The highest BCUT2D eigenvalue weighted by Gasteiger charge is 2.19. The lowest BCUT2D eigenvalue weighted by Gasteiger charge is -2.11. The van der Waals surface area contributed by atoms with Crippen LogP contribution in [0.5, 0.6) is 5.75 Å². The van der Waals surface area contributed by atoms with Crippen molar-refractivity contribution in [3.05, 3.63) is 69.8 Å². The highest BCUT2D eigenvalue weighted by Crippen LogP contribution is 2.29. The fourth-order valence-electron chi connectivity index (χ4n) is 2.18. The number of benzene rings is 2. The van der Waals surface area contributed by atoms with Gasteiger partial charge in [0.1, 0.15) is 12.6 Å². The van der Waals surface area contributed by atoms with Crippen LogP contribution in [0, 0.1) is 10.1 Å². The molecule has 0 amide bonds. The Bertz CT molecular complexity index is 718. The van der Waals surface area contributed by atoms with E-state index in [0.717, 1.165) is 5.56 Å². The number of nitrogens with zero attached hydrogens (tertiary/aromatic N) is 1. The minimum atomic E-state index is -0.870. The van der Waals surface area contributed by atoms with Gasteiger partial charge in [0.15, 0.2) is 5.75 Å². The minimum absolute atomic E-state index is 0.145. The molecule has 0 heterocycles. The van der Waals surface area contributed by atoms with Crippen LogP contribution in [0.3, 0.4) is 0 Å². The van der Waals surface area contributed by atoms with Crippen molar-refractivity contribution in [1.29, 1.82) is 0 Å². The fourth-order valence-corrected chi connectivity index (χ4v) is 2.18. The number of ether oxygens (including phenoxy) is 2. The van der Waals surface area contributed by atoms with E-state index in [9.17, 15) is 14.9 Å². The van der Waals surface area contributed by atoms with Gasteiger partial charge in [0.05, 0.1) is 12.0 Å². The summed E-state index contributed by atoms with van der Waals surface area (Å²) in [5.74, 6) is -0.402. The van der Waals surface area contributed by atoms with Gasteiger partial charge in [-0.2, -0.15) is 0 Å². The topological polar surface area (TPSA) is 105 Å². The molecule has 7 nitrogen and oxygen atoms in total. The van der Waals surface area contributed by atoms with Crippen LogP contribution in [0.2, 0.25) is 0 Å². The lowest BCUT2D eigenvalue weighted by Crippen LogP contribution is -2.33. The van der Waals surface area contributed by atoms with E-state index in [2.05, 4.69) is 4.74 Å². The number of hydrogen-bond acceptors (Lipinski definition) is 6. The smallest absolute Gasteiger partial charge is 0.322 e. The van der Waals surface area contributed by atoms with Gasteiger partial charge < -0.3 is 15.2 Å². The molecule has 0 radical (unpaired) electrons. The van der Waals surface area contributed by atoms with Crippen LogP contribution in [0.25, 0.3) is 0 Å². The summed E-state index contributed by atoms with van der Waals surface area (Å²) in [6.45, 7) is 0.225. The van der Waals surface area contributed by atoms with Crippen LogP contribution >= 0.6 is 0 Å². The molecular weight excluding hydrogens is 312 g/mol. The number of rotatable bonds is 7. The molecule has 0 aliphatic rings. The van der Waals surface area contributed by atoms with Crippen LogP contribution in [0.1, 0.15) is 11.1 Å². The zero-order valence-corrected chi connectivity index (χ0v) is 13.2. The third-order valence-electron chi connectivity index (χ3n) is 3.42. The number of carbonyl (C=O) groups is 1. The summed E-state index contributed by atoms with van der Waals surface area (Å²) in [5, 5.41) is 11.3. The summed E-state index contributed by atoms with van der Waals surface area (Å²) in [5.41, 5.74) is 6.98. The molecule has 7 heteroatoms. The van der Waals surface area contributed by atoms with Crippen molar-refractivity contribution in [2.45, 2.75) is 19.1 Å². The molecule has 0 aliphatic carbocycles. The first-order valence-corrected chi connectivity index (χ1v) is 7.28. The van der Waals surface area contributed by atoms with Crippen LogP contribution in [0.15, 0.2) is 48.5 Å². The molecule has 2 N–H and O–H groups in total. The molecule has 0 fully saturated rings. The Kier molecular flexibility index (Phi) is 5.86. The van der Waals surface area contributed by atoms with Crippen LogP contribution in [0.4, 0.5) is 5.69 Å².